The Kier molecular flexibility index (Phi) is 7.11. The van der Waals surface area contributed by atoms with E-state index in [9.17, 15) is 10.1 Å². The Morgan fingerprint density at radius 1 is 1.07 bits per heavy atom. The van der Waals surface area contributed by atoms with Crippen LogP contribution in [0.4, 0.5) is 11.4 Å². The van der Waals surface area contributed by atoms with E-state index in [4.69, 9.17) is 32.7 Å². The molecule has 3 aromatic rings. The maximum Gasteiger partial charge on any atom is 0.271 e. The molecule has 1 N–H and O–H groups in total. The van der Waals surface area contributed by atoms with Gasteiger partial charge in [-0.2, -0.15) is 5.10 Å². The SMILES string of the molecule is COc1ccc(C=NNc2cccc([N+](=O)[O-])c2)cc1OCc1ccc(Cl)c(Cl)c1. The molecule has 0 aromatic heterocycles. The lowest BCUT2D eigenvalue weighted by Gasteiger charge is -2.12. The molecule has 0 atom stereocenters. The Hall–Kier alpha value is -3.29. The number of benzene rings is 3. The van der Waals surface area contributed by atoms with Crippen LogP contribution in [0.1, 0.15) is 11.1 Å². The normalized spacial score (nSPS) is 10.8. The van der Waals surface area contributed by atoms with Gasteiger partial charge in [-0.1, -0.05) is 35.3 Å². The molecule has 30 heavy (non-hydrogen) atoms. The number of methoxy groups -OCH3 is 1. The van der Waals surface area contributed by atoms with E-state index in [2.05, 4.69) is 10.5 Å². The number of nitrogens with one attached hydrogen (secondary N) is 1. The topological polar surface area (TPSA) is 86.0 Å². The van der Waals surface area contributed by atoms with E-state index in [-0.39, 0.29) is 12.3 Å². The van der Waals surface area contributed by atoms with Crippen LogP contribution < -0.4 is 14.9 Å². The average molecular weight is 446 g/mol. The third-order valence-electron chi connectivity index (χ3n) is 4.03. The Morgan fingerprint density at radius 2 is 1.90 bits per heavy atom. The molecule has 0 saturated carbocycles. The van der Waals surface area contributed by atoms with Gasteiger partial charge < -0.3 is 9.47 Å². The predicted molar refractivity (Wildman–Crippen MR) is 118 cm³/mol. The number of anilines is 1. The molecule has 9 heteroatoms. The van der Waals surface area contributed by atoms with E-state index >= 15 is 0 Å². The molecule has 154 valence electrons. The van der Waals surface area contributed by atoms with Gasteiger partial charge >= 0.3 is 0 Å². The van der Waals surface area contributed by atoms with E-state index in [1.807, 2.05) is 12.1 Å². The van der Waals surface area contributed by atoms with Crippen molar-refractivity contribution in [3.05, 3.63) is 92.0 Å². The fourth-order valence-corrected chi connectivity index (χ4v) is 2.87. The Balaban J connectivity index is 1.70. The van der Waals surface area contributed by atoms with Crippen LogP contribution in [-0.2, 0) is 6.61 Å². The van der Waals surface area contributed by atoms with Crippen LogP contribution >= 0.6 is 23.2 Å². The van der Waals surface area contributed by atoms with E-state index in [1.165, 1.54) is 12.1 Å². The summed E-state index contributed by atoms with van der Waals surface area (Å²) >= 11 is 12.0. The first kappa shape index (κ1) is 21.4. The smallest absolute Gasteiger partial charge is 0.271 e. The molecule has 0 heterocycles. The Bertz CT molecular complexity index is 1090. The number of nitro groups is 1. The zero-order chi connectivity index (χ0) is 21.5. The molecule has 0 bridgehead atoms. The largest absolute Gasteiger partial charge is 0.493 e. The number of ether oxygens (including phenoxy) is 2. The third-order valence-corrected chi connectivity index (χ3v) is 4.77. The summed E-state index contributed by atoms with van der Waals surface area (Å²) in [6.45, 7) is 0.278. The zero-order valence-corrected chi connectivity index (χ0v) is 17.4. The van der Waals surface area contributed by atoms with Crippen molar-refractivity contribution in [2.24, 2.45) is 5.10 Å². The van der Waals surface area contributed by atoms with Crippen molar-refractivity contribution in [3.8, 4) is 11.5 Å². The maximum absolute atomic E-state index is 10.8. The molecule has 3 aromatic carbocycles. The van der Waals surface area contributed by atoms with E-state index < -0.39 is 4.92 Å². The predicted octanol–water partition coefficient (Wildman–Crippen LogP) is 5.94. The minimum absolute atomic E-state index is 0.0161. The summed E-state index contributed by atoms with van der Waals surface area (Å²) in [7, 11) is 1.55. The van der Waals surface area contributed by atoms with Gasteiger partial charge in [0.1, 0.15) is 6.61 Å². The highest BCUT2D eigenvalue weighted by Crippen LogP contribution is 2.29. The Labute approximate surface area is 183 Å². The van der Waals surface area contributed by atoms with Crippen LogP contribution in [0, 0.1) is 10.1 Å². The van der Waals surface area contributed by atoms with Crippen molar-refractivity contribution >= 4 is 40.8 Å². The highest BCUT2D eigenvalue weighted by molar-refractivity contribution is 6.42. The van der Waals surface area contributed by atoms with Crippen molar-refractivity contribution in [3.63, 3.8) is 0 Å². The van der Waals surface area contributed by atoms with Crippen LogP contribution in [0.3, 0.4) is 0 Å². The summed E-state index contributed by atoms with van der Waals surface area (Å²) in [6.07, 6.45) is 1.57. The molecule has 0 aliphatic heterocycles. The molecule has 3 rings (SSSR count). The van der Waals surface area contributed by atoms with Gasteiger partial charge in [-0.3, -0.25) is 15.5 Å². The van der Waals surface area contributed by atoms with Gasteiger partial charge in [0.25, 0.3) is 5.69 Å². The molecule has 0 unspecified atom stereocenters. The first-order valence-corrected chi connectivity index (χ1v) is 9.50. The Morgan fingerprint density at radius 3 is 2.63 bits per heavy atom. The summed E-state index contributed by atoms with van der Waals surface area (Å²) in [4.78, 5) is 10.4. The molecular weight excluding hydrogens is 429 g/mol. The lowest BCUT2D eigenvalue weighted by molar-refractivity contribution is -0.384. The number of nitro benzene ring substituents is 1. The summed E-state index contributed by atoms with van der Waals surface area (Å²) < 4.78 is 11.2. The van der Waals surface area contributed by atoms with Crippen LogP contribution in [0.25, 0.3) is 0 Å². The molecule has 0 fully saturated rings. The van der Waals surface area contributed by atoms with Crippen molar-refractivity contribution in [1.29, 1.82) is 0 Å². The lowest BCUT2D eigenvalue weighted by atomic mass is 10.2. The highest BCUT2D eigenvalue weighted by atomic mass is 35.5. The third kappa shape index (κ3) is 5.62. The number of halogens is 2. The molecular formula is C21H17Cl2N3O4. The number of rotatable bonds is 8. The van der Waals surface area contributed by atoms with Gasteiger partial charge in [-0.15, -0.1) is 0 Å². The molecule has 0 saturated heterocycles. The summed E-state index contributed by atoms with van der Waals surface area (Å²) in [5.74, 6) is 1.10. The van der Waals surface area contributed by atoms with E-state index in [0.717, 1.165) is 11.1 Å². The number of hydrogen-bond donors (Lipinski definition) is 1. The second-order valence-electron chi connectivity index (χ2n) is 6.12. The molecule has 0 amide bonds. The molecule has 0 spiro atoms. The fraction of sp³-hybridized carbons (Fsp3) is 0.0952. The molecule has 0 aliphatic carbocycles. The summed E-state index contributed by atoms with van der Waals surface area (Å²) in [5.41, 5.74) is 4.87. The van der Waals surface area contributed by atoms with Crippen molar-refractivity contribution in [1.82, 2.24) is 0 Å². The number of nitrogens with zero attached hydrogens (tertiary/aromatic N) is 2. The van der Waals surface area contributed by atoms with E-state index in [1.54, 1.807) is 49.7 Å². The standard InChI is InChI=1S/C21H17Cl2N3O4/c1-29-20-8-6-14(12-24-25-16-3-2-4-17(11-16)26(27)28)10-21(20)30-13-15-5-7-18(22)19(23)9-15/h2-12,25H,13H2,1H3. The second kappa shape index (κ2) is 9.96. The van der Waals surface area contributed by atoms with Crippen LogP contribution in [-0.4, -0.2) is 18.2 Å². The highest BCUT2D eigenvalue weighted by Gasteiger charge is 2.08. The molecule has 0 radical (unpaired) electrons. The van der Waals surface area contributed by atoms with Gasteiger partial charge in [0.05, 0.1) is 34.0 Å². The molecule has 0 aliphatic rings. The average Bonchev–Trinajstić information content (AvgIpc) is 2.75. The van der Waals surface area contributed by atoms with Gasteiger partial charge in [-0.25, -0.2) is 0 Å². The maximum atomic E-state index is 10.8. The fourth-order valence-electron chi connectivity index (χ4n) is 2.55. The van der Waals surface area contributed by atoms with Gasteiger partial charge in [0.15, 0.2) is 11.5 Å². The van der Waals surface area contributed by atoms with Crippen molar-refractivity contribution < 1.29 is 14.4 Å². The van der Waals surface area contributed by atoms with Crippen molar-refractivity contribution in [2.75, 3.05) is 12.5 Å². The summed E-state index contributed by atoms with van der Waals surface area (Å²) in [6, 6.07) is 16.7. The summed E-state index contributed by atoms with van der Waals surface area (Å²) in [5, 5.41) is 15.9. The zero-order valence-electron chi connectivity index (χ0n) is 15.8. The first-order valence-electron chi connectivity index (χ1n) is 8.74. The molecule has 7 nitrogen and oxygen atoms in total. The first-order chi connectivity index (χ1) is 14.5. The number of hydrogen-bond acceptors (Lipinski definition) is 6. The van der Waals surface area contributed by atoms with Crippen LogP contribution in [0.15, 0.2) is 65.8 Å². The van der Waals surface area contributed by atoms with E-state index in [0.29, 0.717) is 27.2 Å². The minimum Gasteiger partial charge on any atom is -0.493 e. The quantitative estimate of drug-likeness (QED) is 0.263. The number of hydrazone groups is 1. The number of non-ortho nitro benzene ring substituents is 1. The van der Waals surface area contributed by atoms with Gasteiger partial charge in [0, 0.05) is 12.1 Å². The van der Waals surface area contributed by atoms with Gasteiger partial charge in [0.2, 0.25) is 0 Å². The second-order valence-corrected chi connectivity index (χ2v) is 6.94. The monoisotopic (exact) mass is 445 g/mol. The van der Waals surface area contributed by atoms with Gasteiger partial charge in [-0.05, 0) is 47.5 Å². The minimum atomic E-state index is -0.462. The van der Waals surface area contributed by atoms with Crippen molar-refractivity contribution in [2.45, 2.75) is 6.61 Å². The van der Waals surface area contributed by atoms with Crippen LogP contribution in [0.5, 0.6) is 11.5 Å². The van der Waals surface area contributed by atoms with Crippen LogP contribution in [0.2, 0.25) is 10.0 Å². The lowest BCUT2D eigenvalue weighted by Crippen LogP contribution is -1.99.